The molecule has 1 aliphatic heterocycles. The number of hydrogen-bond donors (Lipinski definition) is 1. The van der Waals surface area contributed by atoms with Crippen molar-refractivity contribution in [3.8, 4) is 0 Å². The molecule has 0 bridgehead atoms. The van der Waals surface area contributed by atoms with Crippen LogP contribution in [0.3, 0.4) is 0 Å². The predicted octanol–water partition coefficient (Wildman–Crippen LogP) is 0.749. The molecule has 0 radical (unpaired) electrons. The molecule has 14 heavy (non-hydrogen) atoms. The van der Waals surface area contributed by atoms with Gasteiger partial charge in [-0.3, -0.25) is 0 Å². The standard InChI is InChI=1S/C10H21NO3/c1-12-10(13-2)9(11)7-8-3-5-14-6-4-8/h8-10H,3-7,11H2,1-2H3. The third-order valence-electron chi connectivity index (χ3n) is 2.76. The van der Waals surface area contributed by atoms with Gasteiger partial charge in [-0.2, -0.15) is 0 Å². The van der Waals surface area contributed by atoms with Crippen LogP contribution in [0.5, 0.6) is 0 Å². The third-order valence-corrected chi connectivity index (χ3v) is 2.76. The highest BCUT2D eigenvalue weighted by molar-refractivity contribution is 4.73. The highest BCUT2D eigenvalue weighted by Crippen LogP contribution is 2.21. The number of rotatable bonds is 5. The van der Waals surface area contributed by atoms with Crippen LogP contribution < -0.4 is 5.73 Å². The Morgan fingerprint density at radius 1 is 1.29 bits per heavy atom. The maximum atomic E-state index is 5.98. The number of nitrogens with two attached hydrogens (primary N) is 1. The second-order valence-electron chi connectivity index (χ2n) is 3.80. The van der Waals surface area contributed by atoms with Gasteiger partial charge in [0.05, 0.1) is 6.04 Å². The molecule has 0 aliphatic carbocycles. The molecule has 1 saturated heterocycles. The molecule has 0 spiro atoms. The minimum atomic E-state index is -0.280. The Hall–Kier alpha value is -0.160. The molecule has 2 N–H and O–H groups in total. The Morgan fingerprint density at radius 3 is 2.36 bits per heavy atom. The molecule has 1 fully saturated rings. The quantitative estimate of drug-likeness (QED) is 0.670. The van der Waals surface area contributed by atoms with Crippen LogP contribution in [0.1, 0.15) is 19.3 Å². The zero-order valence-corrected chi connectivity index (χ0v) is 9.07. The fourth-order valence-corrected chi connectivity index (χ4v) is 1.92. The monoisotopic (exact) mass is 203 g/mol. The Balaban J connectivity index is 2.26. The van der Waals surface area contributed by atoms with E-state index in [1.807, 2.05) is 0 Å². The van der Waals surface area contributed by atoms with Crippen molar-refractivity contribution in [2.75, 3.05) is 27.4 Å². The van der Waals surface area contributed by atoms with Crippen LogP contribution in [-0.2, 0) is 14.2 Å². The summed E-state index contributed by atoms with van der Waals surface area (Å²) in [6, 6.07) is -0.0342. The van der Waals surface area contributed by atoms with Gasteiger partial charge in [-0.15, -0.1) is 0 Å². The average molecular weight is 203 g/mol. The molecule has 1 unspecified atom stereocenters. The maximum absolute atomic E-state index is 5.98. The Morgan fingerprint density at radius 2 is 1.86 bits per heavy atom. The van der Waals surface area contributed by atoms with E-state index in [4.69, 9.17) is 19.9 Å². The maximum Gasteiger partial charge on any atom is 0.171 e. The van der Waals surface area contributed by atoms with Crippen molar-refractivity contribution in [2.24, 2.45) is 11.7 Å². The molecule has 0 amide bonds. The molecular weight excluding hydrogens is 182 g/mol. The summed E-state index contributed by atoms with van der Waals surface area (Å²) in [6.07, 6.45) is 2.88. The first kappa shape index (κ1) is 11.9. The van der Waals surface area contributed by atoms with Crippen molar-refractivity contribution >= 4 is 0 Å². The van der Waals surface area contributed by atoms with Crippen LogP contribution in [-0.4, -0.2) is 39.8 Å². The highest BCUT2D eigenvalue weighted by atomic mass is 16.7. The summed E-state index contributed by atoms with van der Waals surface area (Å²) in [5.74, 6) is 0.659. The summed E-state index contributed by atoms with van der Waals surface area (Å²) in [5, 5.41) is 0. The fourth-order valence-electron chi connectivity index (χ4n) is 1.92. The molecular formula is C10H21NO3. The molecule has 0 aromatic carbocycles. The molecule has 4 nitrogen and oxygen atoms in total. The number of ether oxygens (including phenoxy) is 3. The Bertz CT molecular complexity index is 144. The predicted molar refractivity (Wildman–Crippen MR) is 53.9 cm³/mol. The van der Waals surface area contributed by atoms with E-state index in [1.54, 1.807) is 14.2 Å². The van der Waals surface area contributed by atoms with Gasteiger partial charge in [-0.1, -0.05) is 0 Å². The van der Waals surface area contributed by atoms with Gasteiger partial charge in [-0.05, 0) is 25.2 Å². The lowest BCUT2D eigenvalue weighted by atomic mass is 9.92. The van der Waals surface area contributed by atoms with Crippen molar-refractivity contribution in [3.05, 3.63) is 0 Å². The van der Waals surface area contributed by atoms with Gasteiger partial charge in [0.1, 0.15) is 0 Å². The first-order valence-electron chi connectivity index (χ1n) is 5.16. The van der Waals surface area contributed by atoms with Crippen LogP contribution in [0.4, 0.5) is 0 Å². The van der Waals surface area contributed by atoms with Crippen LogP contribution in [0.25, 0.3) is 0 Å². The topological polar surface area (TPSA) is 53.7 Å². The van der Waals surface area contributed by atoms with Crippen molar-refractivity contribution in [2.45, 2.75) is 31.6 Å². The summed E-state index contributed by atoms with van der Waals surface area (Å²) in [7, 11) is 3.25. The number of methoxy groups -OCH3 is 2. The summed E-state index contributed by atoms with van der Waals surface area (Å²) < 4.78 is 15.5. The van der Waals surface area contributed by atoms with Crippen molar-refractivity contribution in [1.29, 1.82) is 0 Å². The lowest BCUT2D eigenvalue weighted by Gasteiger charge is -2.27. The summed E-state index contributed by atoms with van der Waals surface area (Å²) >= 11 is 0. The second kappa shape index (κ2) is 6.35. The van der Waals surface area contributed by atoms with Gasteiger partial charge in [0.25, 0.3) is 0 Å². The molecule has 1 heterocycles. The van der Waals surface area contributed by atoms with Crippen LogP contribution in [0.15, 0.2) is 0 Å². The van der Waals surface area contributed by atoms with Crippen LogP contribution in [0.2, 0.25) is 0 Å². The van der Waals surface area contributed by atoms with Crippen LogP contribution in [0, 0.1) is 5.92 Å². The van der Waals surface area contributed by atoms with Gasteiger partial charge in [-0.25, -0.2) is 0 Å². The smallest absolute Gasteiger partial charge is 0.171 e. The second-order valence-corrected chi connectivity index (χ2v) is 3.80. The van der Waals surface area contributed by atoms with E-state index >= 15 is 0 Å². The van der Waals surface area contributed by atoms with Gasteiger partial charge in [0, 0.05) is 27.4 Å². The molecule has 1 aliphatic rings. The summed E-state index contributed by atoms with van der Waals surface area (Å²) in [4.78, 5) is 0. The molecule has 1 atom stereocenters. The minimum absolute atomic E-state index is 0.0342. The molecule has 0 aromatic heterocycles. The van der Waals surface area contributed by atoms with E-state index in [9.17, 15) is 0 Å². The summed E-state index contributed by atoms with van der Waals surface area (Å²) in [5.41, 5.74) is 5.98. The van der Waals surface area contributed by atoms with E-state index < -0.39 is 0 Å². The summed E-state index contributed by atoms with van der Waals surface area (Å²) in [6.45, 7) is 1.73. The van der Waals surface area contributed by atoms with E-state index in [0.717, 1.165) is 32.5 Å². The number of hydrogen-bond acceptors (Lipinski definition) is 4. The zero-order valence-electron chi connectivity index (χ0n) is 9.07. The molecule has 84 valence electrons. The van der Waals surface area contributed by atoms with Gasteiger partial charge in [0.15, 0.2) is 6.29 Å². The first-order chi connectivity index (χ1) is 6.77. The lowest BCUT2D eigenvalue weighted by Crippen LogP contribution is -2.39. The molecule has 1 rings (SSSR count). The van der Waals surface area contributed by atoms with E-state index in [2.05, 4.69) is 0 Å². The van der Waals surface area contributed by atoms with Gasteiger partial charge in [0.2, 0.25) is 0 Å². The largest absolute Gasteiger partial charge is 0.381 e. The molecule has 0 saturated carbocycles. The first-order valence-corrected chi connectivity index (χ1v) is 5.16. The van der Waals surface area contributed by atoms with E-state index in [0.29, 0.717) is 5.92 Å². The highest BCUT2D eigenvalue weighted by Gasteiger charge is 2.22. The van der Waals surface area contributed by atoms with Crippen molar-refractivity contribution in [3.63, 3.8) is 0 Å². The Kier molecular flexibility index (Phi) is 5.40. The molecule has 4 heteroatoms. The van der Waals surface area contributed by atoms with Gasteiger partial charge < -0.3 is 19.9 Å². The van der Waals surface area contributed by atoms with Gasteiger partial charge >= 0.3 is 0 Å². The SMILES string of the molecule is COC(OC)C(N)CC1CCOCC1. The fraction of sp³-hybridized carbons (Fsp3) is 1.00. The average Bonchev–Trinajstić information content (AvgIpc) is 2.21. The minimum Gasteiger partial charge on any atom is -0.381 e. The zero-order chi connectivity index (χ0) is 10.4. The van der Waals surface area contributed by atoms with E-state index in [1.165, 1.54) is 0 Å². The lowest BCUT2D eigenvalue weighted by molar-refractivity contribution is -0.120. The Labute approximate surface area is 85.7 Å². The normalized spacial score (nSPS) is 21.4. The van der Waals surface area contributed by atoms with Crippen LogP contribution >= 0.6 is 0 Å². The van der Waals surface area contributed by atoms with Crippen molar-refractivity contribution < 1.29 is 14.2 Å². The molecule has 0 aromatic rings. The third kappa shape index (κ3) is 3.53. The van der Waals surface area contributed by atoms with E-state index in [-0.39, 0.29) is 12.3 Å². The van der Waals surface area contributed by atoms with Crippen molar-refractivity contribution in [1.82, 2.24) is 0 Å².